The molecule has 0 unspecified atom stereocenters. The van der Waals surface area contributed by atoms with Crippen molar-refractivity contribution < 1.29 is 14.5 Å². The van der Waals surface area contributed by atoms with Gasteiger partial charge in [-0.1, -0.05) is 25.3 Å². The average molecular weight is 495 g/mol. The van der Waals surface area contributed by atoms with E-state index in [1.165, 1.54) is 25.3 Å². The third kappa shape index (κ3) is 4.86. The smallest absolute Gasteiger partial charge is 0.273 e. The molecule has 2 aliphatic heterocycles. The number of aryl methyl sites for hydroxylation is 1. The fourth-order valence-corrected chi connectivity index (χ4v) is 5.51. The number of carbonyl (C=O) groups excluding carboxylic acids is 1. The predicted octanol–water partition coefficient (Wildman–Crippen LogP) is 3.50. The van der Waals surface area contributed by atoms with Crippen molar-refractivity contribution in [1.29, 1.82) is 0 Å². The SMILES string of the molecule is Cc1ccc(C(=O)N2CCc3nc(N(C)C4CCCCC4)nc(N4CCOCC4)c3C2)cc1[N+](=O)[O-]. The van der Waals surface area contributed by atoms with Crippen molar-refractivity contribution in [2.45, 2.75) is 58.0 Å². The molecule has 1 aliphatic carbocycles. The van der Waals surface area contributed by atoms with E-state index in [4.69, 9.17) is 14.7 Å². The molecule has 1 saturated carbocycles. The number of anilines is 2. The number of nitro groups is 1. The van der Waals surface area contributed by atoms with Crippen LogP contribution in [0.3, 0.4) is 0 Å². The highest BCUT2D eigenvalue weighted by atomic mass is 16.6. The number of benzene rings is 1. The summed E-state index contributed by atoms with van der Waals surface area (Å²) in [6.45, 7) is 5.35. The molecule has 0 bridgehead atoms. The Hall–Kier alpha value is -3.27. The van der Waals surface area contributed by atoms with Crippen molar-refractivity contribution in [3.63, 3.8) is 0 Å². The topological polar surface area (TPSA) is 105 Å². The number of nitro benzene ring substituents is 1. The maximum atomic E-state index is 13.4. The molecular weight excluding hydrogens is 460 g/mol. The third-order valence-corrected chi connectivity index (χ3v) is 7.72. The van der Waals surface area contributed by atoms with E-state index >= 15 is 0 Å². The van der Waals surface area contributed by atoms with Gasteiger partial charge in [0.2, 0.25) is 5.95 Å². The minimum atomic E-state index is -0.438. The molecule has 3 aliphatic rings. The molecule has 36 heavy (non-hydrogen) atoms. The zero-order chi connectivity index (χ0) is 25.2. The van der Waals surface area contributed by atoms with Gasteiger partial charge in [0.1, 0.15) is 5.82 Å². The van der Waals surface area contributed by atoms with Crippen molar-refractivity contribution >= 4 is 23.4 Å². The number of morpholine rings is 1. The normalized spacial score (nSPS) is 18.6. The Bertz CT molecular complexity index is 1140. The second kappa shape index (κ2) is 10.4. The van der Waals surface area contributed by atoms with Gasteiger partial charge in [-0.05, 0) is 25.8 Å². The van der Waals surface area contributed by atoms with Crippen LogP contribution < -0.4 is 9.80 Å². The van der Waals surface area contributed by atoms with Gasteiger partial charge in [-0.3, -0.25) is 14.9 Å². The molecular formula is C26H34N6O4. The van der Waals surface area contributed by atoms with Gasteiger partial charge in [0.05, 0.1) is 30.4 Å². The quantitative estimate of drug-likeness (QED) is 0.459. The molecule has 1 aromatic carbocycles. The third-order valence-electron chi connectivity index (χ3n) is 7.72. The van der Waals surface area contributed by atoms with Crippen molar-refractivity contribution in [2.24, 2.45) is 0 Å². The van der Waals surface area contributed by atoms with Crippen molar-refractivity contribution in [1.82, 2.24) is 14.9 Å². The lowest BCUT2D eigenvalue weighted by molar-refractivity contribution is -0.385. The van der Waals surface area contributed by atoms with Crippen LogP contribution >= 0.6 is 0 Å². The van der Waals surface area contributed by atoms with Crippen LogP contribution in [0.25, 0.3) is 0 Å². The van der Waals surface area contributed by atoms with E-state index in [1.54, 1.807) is 24.0 Å². The summed E-state index contributed by atoms with van der Waals surface area (Å²) in [4.78, 5) is 40.6. The number of rotatable bonds is 5. The van der Waals surface area contributed by atoms with Gasteiger partial charge in [-0.2, -0.15) is 4.98 Å². The van der Waals surface area contributed by atoms with E-state index in [0.29, 0.717) is 49.9 Å². The van der Waals surface area contributed by atoms with Crippen molar-refractivity contribution in [3.05, 3.63) is 50.7 Å². The standard InChI is InChI=1S/C26H34N6O4/c1-18-8-9-19(16-23(18)32(34)35)25(33)31-11-10-22-21(17-31)24(30-12-14-36-15-13-30)28-26(27-22)29(2)20-6-4-3-5-7-20/h8-9,16,20H,3-7,10-15,17H2,1-2H3. The Morgan fingerprint density at radius 2 is 1.89 bits per heavy atom. The summed E-state index contributed by atoms with van der Waals surface area (Å²) >= 11 is 0. The highest BCUT2D eigenvalue weighted by Gasteiger charge is 2.31. The fraction of sp³-hybridized carbons (Fsp3) is 0.577. The van der Waals surface area contributed by atoms with E-state index in [2.05, 4.69) is 16.8 Å². The molecule has 1 saturated heterocycles. The maximum Gasteiger partial charge on any atom is 0.273 e. The van der Waals surface area contributed by atoms with E-state index < -0.39 is 4.92 Å². The molecule has 3 heterocycles. The molecule has 0 N–H and O–H groups in total. The lowest BCUT2D eigenvalue weighted by Crippen LogP contribution is -2.42. The van der Waals surface area contributed by atoms with Gasteiger partial charge >= 0.3 is 0 Å². The van der Waals surface area contributed by atoms with Gasteiger partial charge in [-0.25, -0.2) is 4.98 Å². The number of hydrogen-bond acceptors (Lipinski definition) is 8. The lowest BCUT2D eigenvalue weighted by Gasteiger charge is -2.37. The average Bonchev–Trinajstić information content (AvgIpc) is 2.92. The number of hydrogen-bond donors (Lipinski definition) is 0. The van der Waals surface area contributed by atoms with E-state index in [9.17, 15) is 14.9 Å². The second-order valence-electron chi connectivity index (χ2n) is 10.0. The van der Waals surface area contributed by atoms with Crippen LogP contribution in [0.4, 0.5) is 17.5 Å². The van der Waals surface area contributed by atoms with E-state index in [0.717, 1.165) is 49.0 Å². The second-order valence-corrected chi connectivity index (χ2v) is 10.0. The van der Waals surface area contributed by atoms with Gasteiger partial charge in [0.15, 0.2) is 0 Å². The zero-order valence-corrected chi connectivity index (χ0v) is 21.1. The van der Waals surface area contributed by atoms with Crippen LogP contribution in [0.2, 0.25) is 0 Å². The Labute approximate surface area is 211 Å². The maximum absolute atomic E-state index is 13.4. The Morgan fingerprint density at radius 3 is 2.61 bits per heavy atom. The minimum absolute atomic E-state index is 0.0361. The minimum Gasteiger partial charge on any atom is -0.378 e. The molecule has 2 aromatic rings. The first kappa shape index (κ1) is 24.4. The molecule has 0 atom stereocenters. The highest BCUT2D eigenvalue weighted by Crippen LogP contribution is 2.32. The summed E-state index contributed by atoms with van der Waals surface area (Å²) in [6.07, 6.45) is 6.72. The highest BCUT2D eigenvalue weighted by molar-refractivity contribution is 5.95. The van der Waals surface area contributed by atoms with Crippen LogP contribution in [0, 0.1) is 17.0 Å². The summed E-state index contributed by atoms with van der Waals surface area (Å²) in [5, 5.41) is 11.4. The van der Waals surface area contributed by atoms with E-state index in [-0.39, 0.29) is 11.6 Å². The summed E-state index contributed by atoms with van der Waals surface area (Å²) in [6, 6.07) is 5.14. The summed E-state index contributed by atoms with van der Waals surface area (Å²) in [5.41, 5.74) is 2.80. The van der Waals surface area contributed by atoms with E-state index in [1.807, 2.05) is 0 Å². The first-order valence-corrected chi connectivity index (χ1v) is 12.9. The first-order chi connectivity index (χ1) is 17.4. The molecule has 0 radical (unpaired) electrons. The number of nitrogens with zero attached hydrogens (tertiary/aromatic N) is 6. The predicted molar refractivity (Wildman–Crippen MR) is 137 cm³/mol. The Morgan fingerprint density at radius 1 is 1.14 bits per heavy atom. The van der Waals surface area contributed by atoms with Crippen LogP contribution in [-0.2, 0) is 17.7 Å². The van der Waals surface area contributed by atoms with Gasteiger partial charge in [0, 0.05) is 61.9 Å². The molecule has 1 aromatic heterocycles. The molecule has 1 amide bonds. The Kier molecular flexibility index (Phi) is 7.04. The van der Waals surface area contributed by atoms with Crippen molar-refractivity contribution in [3.8, 4) is 0 Å². The number of ether oxygens (including phenoxy) is 1. The van der Waals surface area contributed by atoms with Gasteiger partial charge < -0.3 is 19.4 Å². The zero-order valence-electron chi connectivity index (χ0n) is 21.1. The number of amides is 1. The fourth-order valence-electron chi connectivity index (χ4n) is 5.51. The number of aromatic nitrogens is 2. The van der Waals surface area contributed by atoms with Crippen LogP contribution in [0.1, 0.15) is 59.3 Å². The summed E-state index contributed by atoms with van der Waals surface area (Å²) < 4.78 is 5.58. The molecule has 10 nitrogen and oxygen atoms in total. The monoisotopic (exact) mass is 494 g/mol. The van der Waals surface area contributed by atoms with Crippen LogP contribution in [-0.4, -0.2) is 71.6 Å². The molecule has 192 valence electrons. The number of fused-ring (bicyclic) bond motifs is 1. The lowest BCUT2D eigenvalue weighted by atomic mass is 9.95. The molecule has 10 heteroatoms. The molecule has 5 rings (SSSR count). The largest absolute Gasteiger partial charge is 0.378 e. The van der Waals surface area contributed by atoms with Crippen molar-refractivity contribution in [2.75, 3.05) is 49.7 Å². The molecule has 0 spiro atoms. The summed E-state index contributed by atoms with van der Waals surface area (Å²) in [5.74, 6) is 1.43. The number of carbonyl (C=O) groups is 1. The van der Waals surface area contributed by atoms with Crippen LogP contribution in [0.5, 0.6) is 0 Å². The van der Waals surface area contributed by atoms with Gasteiger partial charge in [-0.15, -0.1) is 0 Å². The summed E-state index contributed by atoms with van der Waals surface area (Å²) in [7, 11) is 2.10. The first-order valence-electron chi connectivity index (χ1n) is 12.9. The van der Waals surface area contributed by atoms with Crippen LogP contribution in [0.15, 0.2) is 18.2 Å². The Balaban J connectivity index is 1.45. The van der Waals surface area contributed by atoms with Gasteiger partial charge in [0.25, 0.3) is 11.6 Å². The molecule has 2 fully saturated rings.